The number of nitrogen functional groups attached to an aromatic ring is 1. The van der Waals surface area contributed by atoms with E-state index < -0.39 is 0 Å². The zero-order valence-electron chi connectivity index (χ0n) is 5.53. The maximum Gasteiger partial charge on any atom is 0.294 e. The van der Waals surface area contributed by atoms with Crippen LogP contribution in [0.4, 0.5) is 5.82 Å². The molecule has 0 aliphatic heterocycles. The first-order valence-electron chi connectivity index (χ1n) is 2.74. The fourth-order valence-corrected chi connectivity index (χ4v) is 0.597. The zero-order valence-corrected chi connectivity index (χ0v) is 5.53. The van der Waals surface area contributed by atoms with Gasteiger partial charge >= 0.3 is 0 Å². The van der Waals surface area contributed by atoms with E-state index in [1.54, 1.807) is 13.2 Å². The molecule has 54 valence electrons. The topological polar surface area (TPSA) is 72.9 Å². The third kappa shape index (κ3) is 0.985. The summed E-state index contributed by atoms with van der Waals surface area (Å²) in [5.74, 6) is 5.15. The van der Waals surface area contributed by atoms with Crippen molar-refractivity contribution in [2.75, 3.05) is 5.43 Å². The van der Waals surface area contributed by atoms with Crippen molar-refractivity contribution in [2.45, 2.75) is 0 Å². The molecule has 5 nitrogen and oxygen atoms in total. The Balaban J connectivity index is 3.28. The standard InChI is InChI=1S/C5H8N4O/c1-9-3-2-7-4(8-6)5(9)10/h2-3H,6H2,1H3,(H,7,8). The molecule has 1 aromatic rings. The molecule has 0 bridgehead atoms. The molecular weight excluding hydrogens is 132 g/mol. The Morgan fingerprint density at radius 1 is 1.80 bits per heavy atom. The van der Waals surface area contributed by atoms with Gasteiger partial charge in [0.25, 0.3) is 5.56 Å². The predicted molar refractivity (Wildman–Crippen MR) is 37.3 cm³/mol. The van der Waals surface area contributed by atoms with Crippen LogP contribution in [-0.4, -0.2) is 9.55 Å². The van der Waals surface area contributed by atoms with Crippen LogP contribution in [-0.2, 0) is 7.05 Å². The number of anilines is 1. The molecule has 0 unspecified atom stereocenters. The monoisotopic (exact) mass is 140 g/mol. The van der Waals surface area contributed by atoms with Gasteiger partial charge in [-0.1, -0.05) is 0 Å². The number of hydrogen-bond acceptors (Lipinski definition) is 4. The number of nitrogens with one attached hydrogen (secondary N) is 1. The predicted octanol–water partition coefficient (Wildman–Crippen LogP) is -0.934. The van der Waals surface area contributed by atoms with Crippen LogP contribution in [0.3, 0.4) is 0 Å². The molecule has 0 aliphatic rings. The Hall–Kier alpha value is -1.36. The summed E-state index contributed by atoms with van der Waals surface area (Å²) in [6.45, 7) is 0. The van der Waals surface area contributed by atoms with E-state index in [0.29, 0.717) is 0 Å². The SMILES string of the molecule is Cn1ccnc(NN)c1=O. The van der Waals surface area contributed by atoms with Crippen molar-refractivity contribution in [1.82, 2.24) is 9.55 Å². The molecule has 0 spiro atoms. The average Bonchev–Trinajstić information content (AvgIpc) is 1.95. The molecule has 0 aliphatic carbocycles. The van der Waals surface area contributed by atoms with Crippen molar-refractivity contribution in [2.24, 2.45) is 12.9 Å². The van der Waals surface area contributed by atoms with Gasteiger partial charge < -0.3 is 9.99 Å². The summed E-state index contributed by atoms with van der Waals surface area (Å²) in [4.78, 5) is 14.6. The van der Waals surface area contributed by atoms with Gasteiger partial charge in [-0.15, -0.1) is 0 Å². The summed E-state index contributed by atoms with van der Waals surface area (Å²) in [5.41, 5.74) is 1.96. The fourth-order valence-electron chi connectivity index (χ4n) is 0.597. The largest absolute Gasteiger partial charge is 0.314 e. The molecule has 0 saturated heterocycles. The van der Waals surface area contributed by atoms with Crippen molar-refractivity contribution in [3.8, 4) is 0 Å². The van der Waals surface area contributed by atoms with Crippen molar-refractivity contribution in [1.29, 1.82) is 0 Å². The van der Waals surface area contributed by atoms with E-state index in [1.165, 1.54) is 10.8 Å². The second-order valence-corrected chi connectivity index (χ2v) is 1.84. The molecule has 1 rings (SSSR count). The maximum absolute atomic E-state index is 11.0. The van der Waals surface area contributed by atoms with Crippen molar-refractivity contribution < 1.29 is 0 Å². The van der Waals surface area contributed by atoms with Crippen LogP contribution in [0.25, 0.3) is 0 Å². The van der Waals surface area contributed by atoms with Gasteiger partial charge in [-0.3, -0.25) is 4.79 Å². The Morgan fingerprint density at radius 3 is 3.00 bits per heavy atom. The smallest absolute Gasteiger partial charge is 0.294 e. The fraction of sp³-hybridized carbons (Fsp3) is 0.200. The summed E-state index contributed by atoms with van der Waals surface area (Å²) in [5, 5.41) is 0. The number of aromatic nitrogens is 2. The molecule has 0 amide bonds. The molecule has 3 N–H and O–H groups in total. The number of hydrazine groups is 1. The Bertz CT molecular complexity index is 279. The van der Waals surface area contributed by atoms with Gasteiger partial charge in [0, 0.05) is 19.4 Å². The third-order valence-electron chi connectivity index (χ3n) is 1.15. The van der Waals surface area contributed by atoms with E-state index in [2.05, 4.69) is 10.4 Å². The average molecular weight is 140 g/mol. The number of hydrogen-bond donors (Lipinski definition) is 2. The lowest BCUT2D eigenvalue weighted by Gasteiger charge is -1.98. The number of aryl methyl sites for hydroxylation is 1. The molecule has 1 aromatic heterocycles. The van der Waals surface area contributed by atoms with Gasteiger partial charge in [0.2, 0.25) is 5.82 Å². The highest BCUT2D eigenvalue weighted by Crippen LogP contribution is 1.85. The lowest BCUT2D eigenvalue weighted by molar-refractivity contribution is 0.842. The van der Waals surface area contributed by atoms with Gasteiger partial charge in [0.1, 0.15) is 0 Å². The van der Waals surface area contributed by atoms with E-state index in [1.807, 2.05) is 0 Å². The Kier molecular flexibility index (Phi) is 1.68. The van der Waals surface area contributed by atoms with E-state index in [-0.39, 0.29) is 11.4 Å². The van der Waals surface area contributed by atoms with Gasteiger partial charge in [-0.05, 0) is 0 Å². The van der Waals surface area contributed by atoms with E-state index in [4.69, 9.17) is 5.84 Å². The van der Waals surface area contributed by atoms with Crippen LogP contribution in [0.5, 0.6) is 0 Å². The lowest BCUT2D eigenvalue weighted by atomic mass is 10.6. The first-order chi connectivity index (χ1) is 4.75. The van der Waals surface area contributed by atoms with E-state index in [0.717, 1.165) is 0 Å². The van der Waals surface area contributed by atoms with Crippen LogP contribution >= 0.6 is 0 Å². The van der Waals surface area contributed by atoms with E-state index in [9.17, 15) is 4.79 Å². The Labute approximate surface area is 57.5 Å². The van der Waals surface area contributed by atoms with Gasteiger partial charge in [0.05, 0.1) is 0 Å². The normalized spacial score (nSPS) is 9.40. The van der Waals surface area contributed by atoms with Crippen LogP contribution < -0.4 is 16.8 Å². The van der Waals surface area contributed by atoms with E-state index >= 15 is 0 Å². The highest BCUT2D eigenvalue weighted by molar-refractivity contribution is 5.27. The zero-order chi connectivity index (χ0) is 7.56. The number of nitrogens with two attached hydrogens (primary N) is 1. The van der Waals surface area contributed by atoms with Crippen molar-refractivity contribution >= 4 is 5.82 Å². The maximum atomic E-state index is 11.0. The first kappa shape index (κ1) is 6.76. The van der Waals surface area contributed by atoms with Gasteiger partial charge in [0.15, 0.2) is 0 Å². The molecule has 0 saturated carbocycles. The molecule has 0 aromatic carbocycles. The van der Waals surface area contributed by atoms with Gasteiger partial charge in [-0.25, -0.2) is 10.8 Å². The third-order valence-corrected chi connectivity index (χ3v) is 1.15. The van der Waals surface area contributed by atoms with Crippen molar-refractivity contribution in [3.05, 3.63) is 22.7 Å². The minimum atomic E-state index is -0.231. The number of nitrogens with zero attached hydrogens (tertiary/aromatic N) is 2. The summed E-state index contributed by atoms with van der Waals surface area (Å²) in [6, 6.07) is 0. The van der Waals surface area contributed by atoms with Crippen LogP contribution in [0.2, 0.25) is 0 Å². The minimum Gasteiger partial charge on any atom is -0.314 e. The van der Waals surface area contributed by atoms with Crippen LogP contribution in [0.15, 0.2) is 17.2 Å². The minimum absolute atomic E-state index is 0.157. The van der Waals surface area contributed by atoms with Crippen molar-refractivity contribution in [3.63, 3.8) is 0 Å². The second-order valence-electron chi connectivity index (χ2n) is 1.84. The highest BCUT2D eigenvalue weighted by Gasteiger charge is 1.96. The molecule has 0 fully saturated rings. The molecular formula is C5H8N4O. The summed E-state index contributed by atoms with van der Waals surface area (Å²) in [7, 11) is 1.63. The number of rotatable bonds is 1. The summed E-state index contributed by atoms with van der Waals surface area (Å²) < 4.78 is 1.39. The van der Waals surface area contributed by atoms with Gasteiger partial charge in [-0.2, -0.15) is 0 Å². The molecule has 10 heavy (non-hydrogen) atoms. The molecule has 1 heterocycles. The Morgan fingerprint density at radius 2 is 2.50 bits per heavy atom. The van der Waals surface area contributed by atoms with Crippen LogP contribution in [0, 0.1) is 0 Å². The highest BCUT2D eigenvalue weighted by atomic mass is 16.1. The molecule has 0 radical (unpaired) electrons. The first-order valence-corrected chi connectivity index (χ1v) is 2.74. The summed E-state index contributed by atoms with van der Waals surface area (Å²) in [6.07, 6.45) is 3.06. The molecule has 0 atom stereocenters. The molecule has 5 heteroatoms. The second kappa shape index (κ2) is 2.49. The van der Waals surface area contributed by atoms with Crippen LogP contribution in [0.1, 0.15) is 0 Å². The summed E-state index contributed by atoms with van der Waals surface area (Å²) >= 11 is 0. The lowest BCUT2D eigenvalue weighted by Crippen LogP contribution is -2.24. The quantitative estimate of drug-likeness (QED) is 0.390.